The predicted molar refractivity (Wildman–Crippen MR) is 55.5 cm³/mol. The summed E-state index contributed by atoms with van der Waals surface area (Å²) in [5, 5.41) is 9.61. The van der Waals surface area contributed by atoms with E-state index in [4.69, 9.17) is 5.11 Å². The van der Waals surface area contributed by atoms with Crippen LogP contribution in [0.5, 0.6) is 0 Å². The van der Waals surface area contributed by atoms with Gasteiger partial charge in [-0.1, -0.05) is 22.0 Å². The van der Waals surface area contributed by atoms with Gasteiger partial charge < -0.3 is 5.11 Å². The van der Waals surface area contributed by atoms with Gasteiger partial charge in [0.05, 0.1) is 5.56 Å². The number of aromatic carboxylic acids is 1. The van der Waals surface area contributed by atoms with Gasteiger partial charge in [-0.25, -0.2) is 4.79 Å². The van der Waals surface area contributed by atoms with Crippen molar-refractivity contribution in [3.05, 3.63) is 34.4 Å². The lowest BCUT2D eigenvalue weighted by molar-refractivity contribution is 0.0696. The third-order valence-corrected chi connectivity index (χ3v) is 2.88. The zero-order chi connectivity index (χ0) is 10.0. The van der Waals surface area contributed by atoms with Gasteiger partial charge in [0, 0.05) is 5.33 Å². The quantitative estimate of drug-likeness (QED) is 0.811. The van der Waals surface area contributed by atoms with E-state index >= 15 is 0 Å². The van der Waals surface area contributed by atoms with Crippen LogP contribution < -0.4 is 0 Å². The van der Waals surface area contributed by atoms with Gasteiger partial charge in [0.2, 0.25) is 0 Å². The average Bonchev–Trinajstić information content (AvgIpc) is 2.09. The molecular weight excluding hydrogens is 232 g/mol. The van der Waals surface area contributed by atoms with E-state index in [0.29, 0.717) is 5.56 Å². The molecule has 0 unspecified atom stereocenters. The van der Waals surface area contributed by atoms with E-state index in [0.717, 1.165) is 22.0 Å². The molecule has 70 valence electrons. The van der Waals surface area contributed by atoms with Crippen molar-refractivity contribution >= 4 is 21.9 Å². The first kappa shape index (κ1) is 10.3. The summed E-state index contributed by atoms with van der Waals surface area (Å²) in [5.41, 5.74) is 3.44. The molecular formula is C10H11BrO2. The fraction of sp³-hybridized carbons (Fsp3) is 0.300. The summed E-state index contributed by atoms with van der Waals surface area (Å²) in [6.07, 6.45) is 0. The smallest absolute Gasteiger partial charge is 0.335 e. The minimum Gasteiger partial charge on any atom is -0.478 e. The number of carbonyl (C=O) groups is 1. The highest BCUT2D eigenvalue weighted by Crippen LogP contribution is 2.19. The van der Waals surface area contributed by atoms with E-state index in [1.807, 2.05) is 19.9 Å². The Labute approximate surface area is 85.7 Å². The largest absolute Gasteiger partial charge is 0.478 e. The third kappa shape index (κ3) is 1.91. The molecule has 0 aliphatic rings. The number of hydrogen-bond donors (Lipinski definition) is 1. The Bertz CT molecular complexity index is 345. The fourth-order valence-corrected chi connectivity index (χ4v) is 1.86. The molecule has 0 bridgehead atoms. The van der Waals surface area contributed by atoms with Crippen LogP contribution in [0.15, 0.2) is 12.1 Å². The summed E-state index contributed by atoms with van der Waals surface area (Å²) in [7, 11) is 0. The Hall–Kier alpha value is -0.830. The first-order valence-electron chi connectivity index (χ1n) is 3.96. The lowest BCUT2D eigenvalue weighted by Gasteiger charge is -2.08. The molecule has 0 atom stereocenters. The summed E-state index contributed by atoms with van der Waals surface area (Å²) in [4.78, 5) is 10.8. The van der Waals surface area contributed by atoms with Crippen LogP contribution >= 0.6 is 15.9 Å². The van der Waals surface area contributed by atoms with Crippen molar-refractivity contribution in [2.75, 3.05) is 0 Å². The molecule has 1 N–H and O–H groups in total. The van der Waals surface area contributed by atoms with Gasteiger partial charge in [-0.3, -0.25) is 0 Å². The number of hydrogen-bond acceptors (Lipinski definition) is 1. The second kappa shape index (κ2) is 3.92. The van der Waals surface area contributed by atoms with Gasteiger partial charge in [-0.05, 0) is 36.6 Å². The molecule has 0 saturated carbocycles. The molecule has 0 radical (unpaired) electrons. The van der Waals surface area contributed by atoms with Crippen molar-refractivity contribution in [1.29, 1.82) is 0 Å². The first-order chi connectivity index (χ1) is 6.07. The maximum atomic E-state index is 10.8. The molecule has 0 saturated heterocycles. The number of alkyl halides is 1. The number of rotatable bonds is 2. The number of halogens is 1. The average molecular weight is 243 g/mol. The normalized spacial score (nSPS) is 10.1. The molecule has 0 aromatic heterocycles. The molecule has 0 aliphatic heterocycles. The van der Waals surface area contributed by atoms with Crippen molar-refractivity contribution in [2.45, 2.75) is 19.2 Å². The van der Waals surface area contributed by atoms with Gasteiger partial charge in [0.25, 0.3) is 0 Å². The summed E-state index contributed by atoms with van der Waals surface area (Å²) in [6, 6.07) is 3.50. The Balaban J connectivity index is 3.31. The lowest BCUT2D eigenvalue weighted by atomic mass is 9.99. The van der Waals surface area contributed by atoms with Gasteiger partial charge in [-0.2, -0.15) is 0 Å². The van der Waals surface area contributed by atoms with Gasteiger partial charge in [0.1, 0.15) is 0 Å². The van der Waals surface area contributed by atoms with Crippen LogP contribution in [0, 0.1) is 13.8 Å². The van der Waals surface area contributed by atoms with Crippen LogP contribution in [0.25, 0.3) is 0 Å². The van der Waals surface area contributed by atoms with Crippen LogP contribution in [-0.2, 0) is 5.33 Å². The topological polar surface area (TPSA) is 37.3 Å². The standard InChI is InChI=1S/C10H11BrO2/c1-6-7(2)9(10(12)13)4-3-8(6)5-11/h3-4H,5H2,1-2H3,(H,12,13). The van der Waals surface area contributed by atoms with Crippen LogP contribution in [0.2, 0.25) is 0 Å². The summed E-state index contributed by atoms with van der Waals surface area (Å²) in [5.74, 6) is -0.860. The second-order valence-corrected chi connectivity index (χ2v) is 3.52. The third-order valence-electron chi connectivity index (χ3n) is 2.27. The zero-order valence-electron chi connectivity index (χ0n) is 7.60. The van der Waals surface area contributed by atoms with E-state index in [1.165, 1.54) is 0 Å². The monoisotopic (exact) mass is 242 g/mol. The molecule has 2 nitrogen and oxygen atoms in total. The van der Waals surface area contributed by atoms with Crippen LogP contribution in [0.3, 0.4) is 0 Å². The Kier molecular flexibility index (Phi) is 3.09. The Morgan fingerprint density at radius 3 is 2.46 bits per heavy atom. The van der Waals surface area contributed by atoms with Crippen LogP contribution in [-0.4, -0.2) is 11.1 Å². The highest BCUT2D eigenvalue weighted by Gasteiger charge is 2.10. The molecule has 1 aromatic carbocycles. The zero-order valence-corrected chi connectivity index (χ0v) is 9.18. The highest BCUT2D eigenvalue weighted by molar-refractivity contribution is 9.08. The number of carboxylic acid groups (broad SMARTS) is 1. The molecule has 0 amide bonds. The summed E-state index contributed by atoms with van der Waals surface area (Å²) >= 11 is 3.36. The molecule has 1 aromatic rings. The van der Waals surface area contributed by atoms with Crippen LogP contribution in [0.4, 0.5) is 0 Å². The van der Waals surface area contributed by atoms with E-state index in [2.05, 4.69) is 15.9 Å². The predicted octanol–water partition coefficient (Wildman–Crippen LogP) is 2.90. The number of benzene rings is 1. The van der Waals surface area contributed by atoms with E-state index < -0.39 is 5.97 Å². The van der Waals surface area contributed by atoms with Crippen molar-refractivity contribution in [3.8, 4) is 0 Å². The highest BCUT2D eigenvalue weighted by atomic mass is 79.9. The van der Waals surface area contributed by atoms with Crippen molar-refractivity contribution in [3.63, 3.8) is 0 Å². The van der Waals surface area contributed by atoms with E-state index in [1.54, 1.807) is 6.07 Å². The molecule has 13 heavy (non-hydrogen) atoms. The molecule has 0 heterocycles. The maximum absolute atomic E-state index is 10.8. The lowest BCUT2D eigenvalue weighted by Crippen LogP contribution is -2.02. The minimum absolute atomic E-state index is 0.391. The van der Waals surface area contributed by atoms with Gasteiger partial charge in [0.15, 0.2) is 0 Å². The van der Waals surface area contributed by atoms with Crippen molar-refractivity contribution in [2.24, 2.45) is 0 Å². The minimum atomic E-state index is -0.860. The molecule has 0 spiro atoms. The Morgan fingerprint density at radius 1 is 1.38 bits per heavy atom. The Morgan fingerprint density at radius 2 is 2.00 bits per heavy atom. The van der Waals surface area contributed by atoms with Crippen molar-refractivity contribution < 1.29 is 9.90 Å². The molecule has 0 fully saturated rings. The van der Waals surface area contributed by atoms with Gasteiger partial charge >= 0.3 is 5.97 Å². The SMILES string of the molecule is Cc1c(CBr)ccc(C(=O)O)c1C. The fourth-order valence-electron chi connectivity index (χ4n) is 1.25. The van der Waals surface area contributed by atoms with Gasteiger partial charge in [-0.15, -0.1) is 0 Å². The summed E-state index contributed by atoms with van der Waals surface area (Å²) in [6.45, 7) is 3.78. The van der Waals surface area contributed by atoms with E-state index in [9.17, 15) is 4.79 Å². The molecule has 1 rings (SSSR count). The first-order valence-corrected chi connectivity index (χ1v) is 5.08. The number of carboxylic acids is 1. The molecule has 3 heteroatoms. The molecule has 0 aliphatic carbocycles. The second-order valence-electron chi connectivity index (χ2n) is 2.96. The van der Waals surface area contributed by atoms with Crippen LogP contribution in [0.1, 0.15) is 27.0 Å². The maximum Gasteiger partial charge on any atom is 0.335 e. The van der Waals surface area contributed by atoms with Crippen molar-refractivity contribution in [1.82, 2.24) is 0 Å². The van der Waals surface area contributed by atoms with E-state index in [-0.39, 0.29) is 0 Å². The summed E-state index contributed by atoms with van der Waals surface area (Å²) < 4.78 is 0.